The summed E-state index contributed by atoms with van der Waals surface area (Å²) in [4.78, 5) is 24.1. The first kappa shape index (κ1) is 11.8. The average molecular weight is 274 g/mol. The lowest BCUT2D eigenvalue weighted by atomic mass is 10.4. The Hall–Kier alpha value is -1.30. The minimum Gasteiger partial charge on any atom is -0.394 e. The van der Waals surface area contributed by atoms with Gasteiger partial charge in [0, 0.05) is 26.5 Å². The van der Waals surface area contributed by atoms with Gasteiger partial charge in [-0.25, -0.2) is 0 Å². The second-order valence-corrected chi connectivity index (χ2v) is 4.21. The van der Waals surface area contributed by atoms with Crippen LogP contribution < -0.4 is 11.2 Å². The van der Waals surface area contributed by atoms with Crippen molar-refractivity contribution in [2.24, 2.45) is 0 Å². The molecule has 0 spiro atoms. The number of aromatic nitrogens is 1. The monoisotopic (exact) mass is 273 g/mol. The first-order valence-electron chi connectivity index (χ1n) is 4.27. The zero-order valence-electron chi connectivity index (χ0n) is 8.53. The summed E-state index contributed by atoms with van der Waals surface area (Å²) in [6.45, 7) is 0.163. The van der Waals surface area contributed by atoms with E-state index < -0.39 is 0 Å². The van der Waals surface area contributed by atoms with Gasteiger partial charge in [-0.15, -0.1) is 0 Å². The molecule has 82 valence electrons. The molecule has 0 aromatic carbocycles. The van der Waals surface area contributed by atoms with Crippen LogP contribution in [0.5, 0.6) is 0 Å². The van der Waals surface area contributed by atoms with Gasteiger partial charge < -0.3 is 15.2 Å². The highest BCUT2D eigenvalue weighted by atomic mass is 79.9. The Bertz CT molecular complexity index is 413. The predicted octanol–water partition coefficient (Wildman–Crippen LogP) is 0.281. The molecule has 2 N–H and O–H groups in total. The van der Waals surface area contributed by atoms with Gasteiger partial charge >= 0.3 is 0 Å². The summed E-state index contributed by atoms with van der Waals surface area (Å²) in [5.41, 5.74) is 5.35. The minimum absolute atomic E-state index is 0.0649. The van der Waals surface area contributed by atoms with Crippen molar-refractivity contribution in [3.8, 4) is 0 Å². The maximum Gasteiger partial charge on any atom is 0.241 e. The third kappa shape index (κ3) is 2.82. The van der Waals surface area contributed by atoms with Crippen LogP contribution in [0.1, 0.15) is 0 Å². The molecule has 0 aliphatic rings. The van der Waals surface area contributed by atoms with Crippen molar-refractivity contribution < 1.29 is 4.79 Å². The molecule has 0 saturated carbocycles. The fraction of sp³-hybridized carbons (Fsp3) is 0.333. The van der Waals surface area contributed by atoms with Gasteiger partial charge in [0.2, 0.25) is 11.3 Å². The second-order valence-electron chi connectivity index (χ2n) is 3.35. The van der Waals surface area contributed by atoms with E-state index in [-0.39, 0.29) is 23.6 Å². The lowest BCUT2D eigenvalue weighted by Crippen LogP contribution is -2.27. The van der Waals surface area contributed by atoms with E-state index in [1.54, 1.807) is 24.9 Å². The molecule has 0 aliphatic heterocycles. The fourth-order valence-corrected chi connectivity index (χ4v) is 1.50. The quantitative estimate of drug-likeness (QED) is 0.842. The van der Waals surface area contributed by atoms with E-state index in [0.717, 1.165) is 0 Å². The highest BCUT2D eigenvalue weighted by Gasteiger charge is 2.07. The van der Waals surface area contributed by atoms with Crippen molar-refractivity contribution >= 4 is 27.5 Å². The van der Waals surface area contributed by atoms with Gasteiger partial charge in [-0.1, -0.05) is 0 Å². The Labute approximate surface area is 95.6 Å². The maximum absolute atomic E-state index is 11.4. The zero-order valence-corrected chi connectivity index (χ0v) is 10.1. The van der Waals surface area contributed by atoms with E-state index in [0.29, 0.717) is 4.47 Å². The van der Waals surface area contributed by atoms with Gasteiger partial charge in [-0.2, -0.15) is 0 Å². The van der Waals surface area contributed by atoms with E-state index in [9.17, 15) is 9.59 Å². The maximum atomic E-state index is 11.4. The van der Waals surface area contributed by atoms with Crippen LogP contribution >= 0.6 is 15.9 Å². The molecule has 1 aromatic heterocycles. The van der Waals surface area contributed by atoms with Gasteiger partial charge in [0.25, 0.3) is 0 Å². The summed E-state index contributed by atoms with van der Waals surface area (Å²) < 4.78 is 1.93. The predicted molar refractivity (Wildman–Crippen MR) is 61.5 cm³/mol. The van der Waals surface area contributed by atoms with Crippen molar-refractivity contribution in [1.82, 2.24) is 9.47 Å². The van der Waals surface area contributed by atoms with Crippen LogP contribution in [-0.4, -0.2) is 29.5 Å². The van der Waals surface area contributed by atoms with Crippen molar-refractivity contribution in [2.45, 2.75) is 6.54 Å². The van der Waals surface area contributed by atoms with Crippen LogP contribution in [0.3, 0.4) is 0 Å². The Balaban J connectivity index is 2.98. The second kappa shape index (κ2) is 4.48. The van der Waals surface area contributed by atoms with Gasteiger partial charge in [-0.3, -0.25) is 9.59 Å². The highest BCUT2D eigenvalue weighted by molar-refractivity contribution is 9.10. The van der Waals surface area contributed by atoms with Gasteiger partial charge in [0.1, 0.15) is 6.54 Å². The molecule has 1 aromatic rings. The van der Waals surface area contributed by atoms with Crippen molar-refractivity contribution in [3.05, 3.63) is 27.1 Å². The van der Waals surface area contributed by atoms with Gasteiger partial charge in [-0.05, 0) is 15.9 Å². The molecular formula is C9H12BrN3O2. The zero-order chi connectivity index (χ0) is 11.6. The number of anilines is 1. The Kier molecular flexibility index (Phi) is 3.52. The number of carbonyl (C=O) groups excluding carboxylic acids is 1. The molecule has 1 heterocycles. The summed E-state index contributed by atoms with van der Waals surface area (Å²) in [6, 6.07) is 0. The number of hydrogen-bond acceptors (Lipinski definition) is 3. The molecule has 5 nitrogen and oxygen atoms in total. The number of nitrogens with two attached hydrogens (primary N) is 1. The van der Waals surface area contributed by atoms with E-state index in [4.69, 9.17) is 5.73 Å². The van der Waals surface area contributed by atoms with Crippen LogP contribution in [0, 0.1) is 0 Å². The molecule has 0 unspecified atom stereocenters. The Morgan fingerprint density at radius 3 is 2.60 bits per heavy atom. The number of amides is 1. The summed E-state index contributed by atoms with van der Waals surface area (Å²) in [7, 11) is 3.34. The summed E-state index contributed by atoms with van der Waals surface area (Å²) in [5.74, 6) is -0.0649. The molecule has 6 heteroatoms. The van der Waals surface area contributed by atoms with E-state index in [1.165, 1.54) is 11.1 Å². The fourth-order valence-electron chi connectivity index (χ4n) is 1.01. The molecule has 1 amide bonds. The van der Waals surface area contributed by atoms with Crippen molar-refractivity contribution in [3.63, 3.8) is 0 Å². The Morgan fingerprint density at radius 2 is 2.13 bits per heavy atom. The Morgan fingerprint density at radius 1 is 1.53 bits per heavy atom. The molecular weight excluding hydrogens is 262 g/mol. The first-order chi connectivity index (χ1) is 6.91. The molecule has 0 aliphatic carbocycles. The van der Waals surface area contributed by atoms with Crippen LogP contribution in [0.25, 0.3) is 0 Å². The number of carbonyl (C=O) groups is 1. The molecule has 0 fully saturated rings. The lowest BCUT2D eigenvalue weighted by molar-refractivity contribution is -0.129. The minimum atomic E-state index is -0.261. The van der Waals surface area contributed by atoms with Crippen LogP contribution in [0.4, 0.5) is 5.69 Å². The molecule has 1 rings (SSSR count). The number of nitrogens with zero attached hydrogens (tertiary/aromatic N) is 2. The SMILES string of the molecule is CN(C)C(=O)Cn1cc(N)c(=O)c(Br)c1. The van der Waals surface area contributed by atoms with Crippen LogP contribution in [0.15, 0.2) is 21.7 Å². The average Bonchev–Trinajstić information content (AvgIpc) is 2.13. The van der Waals surface area contributed by atoms with Crippen molar-refractivity contribution in [2.75, 3.05) is 19.8 Å². The summed E-state index contributed by atoms with van der Waals surface area (Å²) in [6.07, 6.45) is 2.99. The third-order valence-corrected chi connectivity index (χ3v) is 2.44. The van der Waals surface area contributed by atoms with Gasteiger partial charge in [0.05, 0.1) is 10.2 Å². The standard InChI is InChI=1S/C9H12BrN3O2/c1-12(2)8(14)5-13-3-6(10)9(15)7(11)4-13/h3-4H,5,11H2,1-2H3. The van der Waals surface area contributed by atoms with E-state index >= 15 is 0 Å². The topological polar surface area (TPSA) is 68.3 Å². The molecule has 0 bridgehead atoms. The van der Waals surface area contributed by atoms with E-state index in [2.05, 4.69) is 15.9 Å². The summed E-state index contributed by atoms with van der Waals surface area (Å²) in [5, 5.41) is 0. The van der Waals surface area contributed by atoms with Crippen LogP contribution in [-0.2, 0) is 11.3 Å². The smallest absolute Gasteiger partial charge is 0.241 e. The third-order valence-electron chi connectivity index (χ3n) is 1.88. The number of halogens is 1. The number of pyridine rings is 1. The molecule has 0 saturated heterocycles. The van der Waals surface area contributed by atoms with Gasteiger partial charge in [0.15, 0.2) is 0 Å². The normalized spacial score (nSPS) is 10.1. The molecule has 0 radical (unpaired) electrons. The number of nitrogen functional groups attached to an aromatic ring is 1. The lowest BCUT2D eigenvalue weighted by Gasteiger charge is -2.12. The van der Waals surface area contributed by atoms with Crippen LogP contribution in [0.2, 0.25) is 0 Å². The number of likely N-dealkylation sites (N-methyl/N-ethyl adjacent to an activating group) is 1. The first-order valence-corrected chi connectivity index (χ1v) is 5.06. The van der Waals surface area contributed by atoms with E-state index in [1.807, 2.05) is 0 Å². The largest absolute Gasteiger partial charge is 0.394 e. The number of rotatable bonds is 2. The molecule has 0 atom stereocenters. The van der Waals surface area contributed by atoms with Crippen molar-refractivity contribution in [1.29, 1.82) is 0 Å². The number of hydrogen-bond donors (Lipinski definition) is 1. The summed E-state index contributed by atoms with van der Waals surface area (Å²) >= 11 is 3.09. The molecule has 15 heavy (non-hydrogen) atoms. The highest BCUT2D eigenvalue weighted by Crippen LogP contribution is 2.06.